The fourth-order valence-electron chi connectivity index (χ4n) is 4.89. The number of aryl methyl sites for hydroxylation is 2. The lowest BCUT2D eigenvalue weighted by atomic mass is 9.98. The van der Waals surface area contributed by atoms with Gasteiger partial charge >= 0.3 is 0 Å². The number of thiophene rings is 1. The summed E-state index contributed by atoms with van der Waals surface area (Å²) in [6.07, 6.45) is 7.22. The maximum atomic E-state index is 9.75. The van der Waals surface area contributed by atoms with Crippen molar-refractivity contribution in [3.8, 4) is 22.2 Å². The molecule has 34 heavy (non-hydrogen) atoms. The lowest BCUT2D eigenvalue weighted by molar-refractivity contribution is 0.141. The molecule has 9 nitrogen and oxygen atoms in total. The highest BCUT2D eigenvalue weighted by Gasteiger charge is 2.34. The van der Waals surface area contributed by atoms with Crippen LogP contribution in [0.3, 0.4) is 0 Å². The first-order chi connectivity index (χ1) is 16.4. The Morgan fingerprint density at radius 1 is 1.15 bits per heavy atom. The lowest BCUT2D eigenvalue weighted by Gasteiger charge is -2.15. The molecule has 4 heterocycles. The standard InChI is InChI=1S/C24H31N7O2S/c1-13(2)31-7-5-18(29-31)20-14(3)19-21(26-17-9-15(11-32)16(10-17)12-33)27-22(28-24(19)34-20)23-25-6-8-30(23)4/h5-8,13,15-17,32-33H,9-12H2,1-4H3,(H,26,27,28)/t15-,16+,17+. The van der Waals surface area contributed by atoms with Crippen LogP contribution in [0.4, 0.5) is 5.82 Å². The summed E-state index contributed by atoms with van der Waals surface area (Å²) < 4.78 is 3.88. The number of imidazole rings is 1. The number of nitrogens with one attached hydrogen (secondary N) is 1. The van der Waals surface area contributed by atoms with Crippen LogP contribution in [0.25, 0.3) is 32.4 Å². The van der Waals surface area contributed by atoms with Gasteiger partial charge in [0.2, 0.25) is 0 Å². The van der Waals surface area contributed by atoms with E-state index in [1.807, 2.05) is 34.8 Å². The predicted molar refractivity (Wildman–Crippen MR) is 134 cm³/mol. The second kappa shape index (κ2) is 9.09. The van der Waals surface area contributed by atoms with E-state index < -0.39 is 0 Å². The number of rotatable bonds is 7. The maximum absolute atomic E-state index is 9.75. The van der Waals surface area contributed by atoms with E-state index in [2.05, 4.69) is 31.1 Å². The largest absolute Gasteiger partial charge is 0.396 e. The Labute approximate surface area is 202 Å². The van der Waals surface area contributed by atoms with Gasteiger partial charge in [0.25, 0.3) is 0 Å². The van der Waals surface area contributed by atoms with Crippen molar-refractivity contribution in [3.63, 3.8) is 0 Å². The van der Waals surface area contributed by atoms with Gasteiger partial charge in [-0.2, -0.15) is 5.10 Å². The molecule has 0 amide bonds. The van der Waals surface area contributed by atoms with Gasteiger partial charge in [0, 0.05) is 50.9 Å². The number of nitrogens with zero attached hydrogens (tertiary/aromatic N) is 6. The monoisotopic (exact) mass is 481 g/mol. The average Bonchev–Trinajstić information content (AvgIpc) is 3.59. The van der Waals surface area contributed by atoms with Crippen LogP contribution in [0.5, 0.6) is 0 Å². The summed E-state index contributed by atoms with van der Waals surface area (Å²) in [4.78, 5) is 16.2. The topological polar surface area (TPSA) is 114 Å². The molecule has 4 aromatic heterocycles. The van der Waals surface area contributed by atoms with Gasteiger partial charge in [0.15, 0.2) is 11.6 Å². The van der Waals surface area contributed by atoms with Gasteiger partial charge in [0.1, 0.15) is 16.3 Å². The molecule has 180 valence electrons. The van der Waals surface area contributed by atoms with Crippen molar-refractivity contribution in [2.75, 3.05) is 18.5 Å². The van der Waals surface area contributed by atoms with Gasteiger partial charge in [-0.05, 0) is 57.1 Å². The van der Waals surface area contributed by atoms with E-state index in [-0.39, 0.29) is 37.1 Å². The van der Waals surface area contributed by atoms with E-state index in [0.717, 1.165) is 45.0 Å². The van der Waals surface area contributed by atoms with Crippen LogP contribution >= 0.6 is 11.3 Å². The normalized spacial score (nSPS) is 20.6. The molecule has 10 heteroatoms. The number of aliphatic hydroxyl groups is 2. The molecule has 0 unspecified atom stereocenters. The number of anilines is 1. The Bertz CT molecular complexity index is 1300. The predicted octanol–water partition coefficient (Wildman–Crippen LogP) is 3.64. The van der Waals surface area contributed by atoms with Crippen LogP contribution in [-0.4, -0.2) is 58.8 Å². The van der Waals surface area contributed by atoms with Crippen LogP contribution in [0.2, 0.25) is 0 Å². The number of aromatic nitrogens is 6. The minimum atomic E-state index is 0.0846. The molecule has 1 saturated carbocycles. The quantitative estimate of drug-likeness (QED) is 0.369. The third-order valence-electron chi connectivity index (χ3n) is 6.83. The Balaban J connectivity index is 1.61. The second-order valence-electron chi connectivity index (χ2n) is 9.47. The van der Waals surface area contributed by atoms with Crippen molar-refractivity contribution >= 4 is 27.4 Å². The van der Waals surface area contributed by atoms with E-state index in [1.54, 1.807) is 17.5 Å². The molecule has 1 aliphatic carbocycles. The molecule has 0 spiro atoms. The minimum Gasteiger partial charge on any atom is -0.396 e. The van der Waals surface area contributed by atoms with Gasteiger partial charge < -0.3 is 20.1 Å². The fourth-order valence-corrected chi connectivity index (χ4v) is 6.03. The van der Waals surface area contributed by atoms with E-state index >= 15 is 0 Å². The average molecular weight is 482 g/mol. The molecule has 3 N–H and O–H groups in total. The molecule has 0 aliphatic heterocycles. The summed E-state index contributed by atoms with van der Waals surface area (Å²) in [5.41, 5.74) is 2.03. The Kier molecular flexibility index (Phi) is 6.13. The Morgan fingerprint density at radius 3 is 2.47 bits per heavy atom. The van der Waals surface area contributed by atoms with E-state index in [9.17, 15) is 10.2 Å². The minimum absolute atomic E-state index is 0.0846. The van der Waals surface area contributed by atoms with E-state index in [0.29, 0.717) is 11.6 Å². The van der Waals surface area contributed by atoms with Gasteiger partial charge in [0.05, 0.1) is 10.3 Å². The van der Waals surface area contributed by atoms with Gasteiger partial charge in [-0.15, -0.1) is 11.3 Å². The fraction of sp³-hybridized carbons (Fsp3) is 0.500. The second-order valence-corrected chi connectivity index (χ2v) is 10.5. The zero-order valence-corrected chi connectivity index (χ0v) is 20.7. The summed E-state index contributed by atoms with van der Waals surface area (Å²) in [7, 11) is 1.93. The van der Waals surface area contributed by atoms with Crippen LogP contribution < -0.4 is 5.32 Å². The van der Waals surface area contributed by atoms with Crippen LogP contribution in [0, 0.1) is 18.8 Å². The number of aliphatic hydroxyl groups excluding tert-OH is 2. The molecule has 0 bridgehead atoms. The van der Waals surface area contributed by atoms with Crippen LogP contribution in [-0.2, 0) is 7.05 Å². The van der Waals surface area contributed by atoms with Crippen molar-refractivity contribution in [1.82, 2.24) is 29.3 Å². The molecule has 0 radical (unpaired) electrons. The first-order valence-corrected chi connectivity index (χ1v) is 12.5. The first kappa shape index (κ1) is 22.9. The van der Waals surface area contributed by atoms with E-state index in [4.69, 9.17) is 15.1 Å². The van der Waals surface area contributed by atoms with Crippen LogP contribution in [0.1, 0.15) is 38.3 Å². The molecule has 3 atom stereocenters. The summed E-state index contributed by atoms with van der Waals surface area (Å²) in [5.74, 6) is 2.22. The third kappa shape index (κ3) is 3.99. The summed E-state index contributed by atoms with van der Waals surface area (Å²) in [5, 5.41) is 28.9. The molecule has 0 saturated heterocycles. The van der Waals surface area contributed by atoms with E-state index in [1.165, 1.54) is 0 Å². The highest BCUT2D eigenvalue weighted by Crippen LogP contribution is 2.42. The maximum Gasteiger partial charge on any atom is 0.199 e. The highest BCUT2D eigenvalue weighted by atomic mass is 32.1. The summed E-state index contributed by atoms with van der Waals surface area (Å²) >= 11 is 1.62. The van der Waals surface area contributed by atoms with Crippen molar-refractivity contribution in [2.45, 2.75) is 45.7 Å². The molecular formula is C24H31N7O2S. The molecule has 1 aliphatic rings. The lowest BCUT2D eigenvalue weighted by Crippen LogP contribution is -2.18. The Hall–Kier alpha value is -2.82. The van der Waals surface area contributed by atoms with Crippen molar-refractivity contribution in [3.05, 3.63) is 30.2 Å². The third-order valence-corrected chi connectivity index (χ3v) is 8.04. The Morgan fingerprint density at radius 2 is 1.88 bits per heavy atom. The number of fused-ring (bicyclic) bond motifs is 1. The van der Waals surface area contributed by atoms with Gasteiger partial charge in [-0.1, -0.05) is 0 Å². The van der Waals surface area contributed by atoms with Crippen molar-refractivity contribution in [2.24, 2.45) is 18.9 Å². The first-order valence-electron chi connectivity index (χ1n) is 11.7. The highest BCUT2D eigenvalue weighted by molar-refractivity contribution is 7.22. The number of hydrogen-bond acceptors (Lipinski definition) is 8. The van der Waals surface area contributed by atoms with Crippen molar-refractivity contribution < 1.29 is 10.2 Å². The molecule has 0 aromatic carbocycles. The molecule has 1 fully saturated rings. The van der Waals surface area contributed by atoms with Gasteiger partial charge in [-0.3, -0.25) is 4.68 Å². The summed E-state index contributed by atoms with van der Waals surface area (Å²) in [6, 6.07) is 2.45. The summed E-state index contributed by atoms with van der Waals surface area (Å²) in [6.45, 7) is 6.49. The SMILES string of the molecule is Cc1c(-c2ccn(C(C)C)n2)sc2nc(-c3nccn3C)nc(N[C@@H]3C[C@@H](CO)[C@@H](CO)C3)c12. The smallest absolute Gasteiger partial charge is 0.199 e. The zero-order valence-electron chi connectivity index (χ0n) is 19.9. The molecule has 5 rings (SSSR count). The molecular weight excluding hydrogens is 450 g/mol. The van der Waals surface area contributed by atoms with Crippen molar-refractivity contribution in [1.29, 1.82) is 0 Å². The zero-order chi connectivity index (χ0) is 24.0. The molecule has 4 aromatic rings. The van der Waals surface area contributed by atoms with Gasteiger partial charge in [-0.25, -0.2) is 15.0 Å². The van der Waals surface area contributed by atoms with Crippen LogP contribution in [0.15, 0.2) is 24.7 Å². The number of hydrogen-bond donors (Lipinski definition) is 3.